The summed E-state index contributed by atoms with van der Waals surface area (Å²) in [7, 11) is 0. The average molecular weight is 471 g/mol. The van der Waals surface area contributed by atoms with Crippen LogP contribution in [0.4, 0.5) is 5.69 Å². The van der Waals surface area contributed by atoms with Gasteiger partial charge in [0.05, 0.1) is 17.2 Å². The molecule has 0 aliphatic rings. The van der Waals surface area contributed by atoms with Gasteiger partial charge >= 0.3 is 0 Å². The zero-order valence-electron chi connectivity index (χ0n) is 17.4. The van der Waals surface area contributed by atoms with E-state index in [1.54, 1.807) is 6.07 Å². The van der Waals surface area contributed by atoms with E-state index in [1.165, 1.54) is 10.9 Å². The first-order valence-electron chi connectivity index (χ1n) is 10.3. The van der Waals surface area contributed by atoms with E-state index < -0.39 is 0 Å². The Morgan fingerprint density at radius 2 is 1.83 bits per heavy atom. The van der Waals surface area contributed by atoms with Crippen molar-refractivity contribution in [2.45, 2.75) is 26.8 Å². The third kappa shape index (κ3) is 5.34. The van der Waals surface area contributed by atoms with E-state index in [9.17, 15) is 9.59 Å². The first-order chi connectivity index (χ1) is 14.5. The molecule has 0 saturated heterocycles. The molecule has 0 fully saturated rings. The third-order valence-corrected chi connectivity index (χ3v) is 5.75. The number of aromatic nitrogens is 2. The van der Waals surface area contributed by atoms with Crippen LogP contribution in [0, 0.1) is 0 Å². The number of para-hydroxylation sites is 1. The molecule has 6 nitrogen and oxygen atoms in total. The summed E-state index contributed by atoms with van der Waals surface area (Å²) in [5.41, 5.74) is 1.40. The zero-order valence-corrected chi connectivity index (χ0v) is 19.0. The van der Waals surface area contributed by atoms with Crippen molar-refractivity contribution in [1.29, 1.82) is 0 Å². The quantitative estimate of drug-likeness (QED) is 0.475. The van der Waals surface area contributed by atoms with Gasteiger partial charge in [-0.3, -0.25) is 14.2 Å². The third-order valence-electron chi connectivity index (χ3n) is 5.25. The van der Waals surface area contributed by atoms with Gasteiger partial charge in [0.1, 0.15) is 0 Å². The molecular formula is C23H27BrN4O2. The lowest BCUT2D eigenvalue weighted by molar-refractivity contribution is -0.118. The van der Waals surface area contributed by atoms with Gasteiger partial charge in [-0.15, -0.1) is 0 Å². The number of amides is 1. The molecule has 158 valence electrons. The van der Waals surface area contributed by atoms with E-state index in [0.717, 1.165) is 29.8 Å². The predicted octanol–water partition coefficient (Wildman–Crippen LogP) is 3.92. The lowest BCUT2D eigenvalue weighted by atomic mass is 10.2. The molecule has 1 aromatic heterocycles. The number of hydrogen-bond acceptors (Lipinski definition) is 4. The van der Waals surface area contributed by atoms with E-state index in [2.05, 4.69) is 39.7 Å². The summed E-state index contributed by atoms with van der Waals surface area (Å²) in [6, 6.07) is 15.0. The number of likely N-dealkylation sites (N-methyl/N-ethyl adjacent to an activating group) is 1. The Hall–Kier alpha value is -2.51. The number of hydrogen-bond donors (Lipinski definition) is 0. The van der Waals surface area contributed by atoms with Crippen LogP contribution in [0.1, 0.15) is 20.3 Å². The van der Waals surface area contributed by atoms with E-state index in [1.807, 2.05) is 47.4 Å². The molecule has 0 spiro atoms. The maximum atomic E-state index is 13.1. The standard InChI is InChI=1S/C23H27BrN4O2/c1-3-26(4-2)14-15-28(19-9-7-8-18(24)16-19)22(29)12-13-27-17-25-21-11-6-5-10-20(21)23(27)30/h5-11,16-17H,3-4,12-15H2,1-2H3. The molecule has 0 unspecified atom stereocenters. The van der Waals surface area contributed by atoms with E-state index >= 15 is 0 Å². The van der Waals surface area contributed by atoms with Crippen LogP contribution in [-0.4, -0.2) is 46.5 Å². The van der Waals surface area contributed by atoms with Gasteiger partial charge in [0.25, 0.3) is 5.56 Å². The van der Waals surface area contributed by atoms with Crippen molar-refractivity contribution < 1.29 is 4.79 Å². The molecule has 30 heavy (non-hydrogen) atoms. The molecule has 1 amide bonds. The zero-order chi connectivity index (χ0) is 21.5. The maximum absolute atomic E-state index is 13.1. The highest BCUT2D eigenvalue weighted by Crippen LogP contribution is 2.21. The van der Waals surface area contributed by atoms with Crippen molar-refractivity contribution in [3.05, 3.63) is 69.7 Å². The Kier molecular flexibility index (Phi) is 7.76. The molecule has 0 bridgehead atoms. The van der Waals surface area contributed by atoms with Crippen LogP contribution in [0.15, 0.2) is 64.1 Å². The molecule has 3 aromatic rings. The Balaban J connectivity index is 1.77. The smallest absolute Gasteiger partial charge is 0.261 e. The summed E-state index contributed by atoms with van der Waals surface area (Å²) < 4.78 is 2.44. The van der Waals surface area contributed by atoms with Crippen molar-refractivity contribution in [3.63, 3.8) is 0 Å². The summed E-state index contributed by atoms with van der Waals surface area (Å²) in [4.78, 5) is 34.3. The Morgan fingerprint density at radius 3 is 2.57 bits per heavy atom. The number of halogens is 1. The average Bonchev–Trinajstić information content (AvgIpc) is 2.76. The topological polar surface area (TPSA) is 58.4 Å². The fourth-order valence-corrected chi connectivity index (χ4v) is 3.83. The van der Waals surface area contributed by atoms with Gasteiger partial charge in [-0.05, 0) is 43.4 Å². The minimum Gasteiger partial charge on any atom is -0.311 e. The highest BCUT2D eigenvalue weighted by Gasteiger charge is 2.17. The fourth-order valence-electron chi connectivity index (χ4n) is 3.44. The minimum absolute atomic E-state index is 0.0136. The molecular weight excluding hydrogens is 444 g/mol. The van der Waals surface area contributed by atoms with Crippen molar-refractivity contribution in [3.8, 4) is 0 Å². The maximum Gasteiger partial charge on any atom is 0.261 e. The highest BCUT2D eigenvalue weighted by molar-refractivity contribution is 9.10. The summed E-state index contributed by atoms with van der Waals surface area (Å²) >= 11 is 3.49. The molecule has 0 saturated carbocycles. The van der Waals surface area contributed by atoms with Crippen LogP contribution < -0.4 is 10.5 Å². The molecule has 0 atom stereocenters. The molecule has 0 N–H and O–H groups in total. The molecule has 0 radical (unpaired) electrons. The van der Waals surface area contributed by atoms with Gasteiger partial charge < -0.3 is 9.80 Å². The molecule has 7 heteroatoms. The van der Waals surface area contributed by atoms with Gasteiger partial charge in [0.2, 0.25) is 5.91 Å². The highest BCUT2D eigenvalue weighted by atomic mass is 79.9. The van der Waals surface area contributed by atoms with E-state index in [0.29, 0.717) is 24.0 Å². The second-order valence-corrected chi connectivity index (χ2v) is 7.98. The van der Waals surface area contributed by atoms with Gasteiger partial charge in [-0.25, -0.2) is 4.98 Å². The van der Waals surface area contributed by atoms with Gasteiger partial charge in [0, 0.05) is 36.2 Å². The van der Waals surface area contributed by atoms with Crippen LogP contribution in [0.5, 0.6) is 0 Å². The monoisotopic (exact) mass is 470 g/mol. The van der Waals surface area contributed by atoms with Gasteiger partial charge in [-0.2, -0.15) is 0 Å². The van der Waals surface area contributed by atoms with E-state index in [-0.39, 0.29) is 17.9 Å². The van der Waals surface area contributed by atoms with Crippen LogP contribution >= 0.6 is 15.9 Å². The number of fused-ring (bicyclic) bond motifs is 1. The number of rotatable bonds is 9. The first kappa shape index (κ1) is 22.2. The lowest BCUT2D eigenvalue weighted by Crippen LogP contribution is -2.39. The van der Waals surface area contributed by atoms with Gasteiger partial charge in [-0.1, -0.05) is 48.0 Å². The normalized spacial score (nSPS) is 11.2. The SMILES string of the molecule is CCN(CC)CCN(C(=O)CCn1cnc2ccccc2c1=O)c1cccc(Br)c1. The number of benzene rings is 2. The van der Waals surface area contributed by atoms with Crippen LogP contribution in [0.2, 0.25) is 0 Å². The van der Waals surface area contributed by atoms with Gasteiger partial charge in [0.15, 0.2) is 0 Å². The summed E-state index contributed by atoms with van der Waals surface area (Å²) in [6.45, 7) is 7.81. The number of nitrogens with zero attached hydrogens (tertiary/aromatic N) is 4. The van der Waals surface area contributed by atoms with Crippen molar-refractivity contribution in [1.82, 2.24) is 14.5 Å². The van der Waals surface area contributed by atoms with E-state index in [4.69, 9.17) is 0 Å². The molecule has 0 aliphatic carbocycles. The molecule has 2 aromatic carbocycles. The second-order valence-electron chi connectivity index (χ2n) is 7.06. The number of carbonyl (C=O) groups excluding carboxylic acids is 1. The molecule has 1 heterocycles. The first-order valence-corrected chi connectivity index (χ1v) is 11.0. The second kappa shape index (κ2) is 10.5. The van der Waals surface area contributed by atoms with Crippen molar-refractivity contribution in [2.75, 3.05) is 31.1 Å². The number of carbonyl (C=O) groups is 1. The lowest BCUT2D eigenvalue weighted by Gasteiger charge is -2.27. The molecule has 3 rings (SSSR count). The predicted molar refractivity (Wildman–Crippen MR) is 125 cm³/mol. The van der Waals surface area contributed by atoms with Crippen LogP contribution in [0.25, 0.3) is 10.9 Å². The van der Waals surface area contributed by atoms with Crippen molar-refractivity contribution in [2.24, 2.45) is 0 Å². The molecule has 0 aliphatic heterocycles. The Morgan fingerprint density at radius 1 is 1.07 bits per heavy atom. The summed E-state index contributed by atoms with van der Waals surface area (Å²) in [5.74, 6) is -0.0136. The summed E-state index contributed by atoms with van der Waals surface area (Å²) in [6.07, 6.45) is 1.75. The van der Waals surface area contributed by atoms with Crippen LogP contribution in [0.3, 0.4) is 0 Å². The minimum atomic E-state index is -0.120. The Labute approximate surface area is 185 Å². The largest absolute Gasteiger partial charge is 0.311 e. The Bertz CT molecular complexity index is 1060. The van der Waals surface area contributed by atoms with Crippen molar-refractivity contribution >= 4 is 38.4 Å². The summed E-state index contributed by atoms with van der Waals surface area (Å²) in [5, 5.41) is 0.567. The number of aryl methyl sites for hydroxylation is 1. The number of anilines is 1. The fraction of sp³-hybridized carbons (Fsp3) is 0.348. The van der Waals surface area contributed by atoms with Crippen LogP contribution in [-0.2, 0) is 11.3 Å².